The Morgan fingerprint density at radius 2 is 1.66 bits per heavy atom. The molecule has 1 fully saturated rings. The summed E-state index contributed by atoms with van der Waals surface area (Å²) in [7, 11) is 0. The zero-order chi connectivity index (χ0) is 25.5. The number of imide groups is 2. The first kappa shape index (κ1) is 25.4. The van der Waals surface area contributed by atoms with Crippen LogP contribution in [0.5, 0.6) is 23.0 Å². The van der Waals surface area contributed by atoms with E-state index in [0.29, 0.717) is 43.1 Å². The number of nitrogens with one attached hydrogen (secondary N) is 1. The smallest absolute Gasteiger partial charge is 0.336 e. The summed E-state index contributed by atoms with van der Waals surface area (Å²) in [6, 6.07) is 7.00. The number of hydrogen-bond donors (Lipinski definition) is 2. The van der Waals surface area contributed by atoms with E-state index in [4.69, 9.17) is 14.2 Å². The van der Waals surface area contributed by atoms with Gasteiger partial charge in [-0.05, 0) is 63.1 Å². The Morgan fingerprint density at radius 3 is 2.31 bits per heavy atom. The van der Waals surface area contributed by atoms with E-state index in [1.807, 2.05) is 6.92 Å². The number of carbonyl (C=O) groups is 3. The van der Waals surface area contributed by atoms with Crippen molar-refractivity contribution in [3.63, 3.8) is 0 Å². The number of phenols is 1. The van der Waals surface area contributed by atoms with Crippen LogP contribution in [0.15, 0.2) is 48.6 Å². The van der Waals surface area contributed by atoms with E-state index in [9.17, 15) is 19.5 Å². The van der Waals surface area contributed by atoms with Crippen molar-refractivity contribution >= 4 is 29.6 Å². The molecule has 0 aliphatic carbocycles. The minimum atomic E-state index is -0.903. The molecule has 0 atom stereocenters. The first-order chi connectivity index (χ1) is 16.8. The van der Waals surface area contributed by atoms with E-state index in [2.05, 4.69) is 11.9 Å². The van der Waals surface area contributed by atoms with Gasteiger partial charge in [-0.1, -0.05) is 6.08 Å². The van der Waals surface area contributed by atoms with E-state index in [-0.39, 0.29) is 28.5 Å². The van der Waals surface area contributed by atoms with Crippen molar-refractivity contribution in [2.24, 2.45) is 0 Å². The third-order valence-corrected chi connectivity index (χ3v) is 5.04. The fourth-order valence-corrected chi connectivity index (χ4v) is 3.60. The lowest BCUT2D eigenvalue weighted by atomic mass is 10.0. The van der Waals surface area contributed by atoms with Gasteiger partial charge in [-0.3, -0.25) is 14.9 Å². The normalized spacial score (nSPS) is 14.7. The summed E-state index contributed by atoms with van der Waals surface area (Å²) in [6.07, 6.45) is 3.30. The van der Waals surface area contributed by atoms with E-state index < -0.39 is 17.8 Å². The number of urea groups is 1. The van der Waals surface area contributed by atoms with E-state index >= 15 is 0 Å². The first-order valence-electron chi connectivity index (χ1n) is 11.2. The molecule has 2 aromatic rings. The maximum absolute atomic E-state index is 13.4. The topological polar surface area (TPSA) is 114 Å². The summed E-state index contributed by atoms with van der Waals surface area (Å²) in [5, 5.41) is 12.6. The molecule has 4 amide bonds. The van der Waals surface area contributed by atoms with E-state index in [1.54, 1.807) is 38.1 Å². The van der Waals surface area contributed by atoms with Crippen LogP contribution in [0.2, 0.25) is 0 Å². The lowest BCUT2D eigenvalue weighted by molar-refractivity contribution is -0.122. The number of benzene rings is 2. The standard InChI is InChI=1S/C26H28N2O7/c1-5-9-17-12-16(14-22(23(17)29)35-8-4)13-19-24(30)27-26(32)28(25(19)31)20-15-18(33-6-2)10-11-21(20)34-7-3/h5,10-15,29H,1,6-9H2,2-4H3,(H,27,30,32). The van der Waals surface area contributed by atoms with Crippen LogP contribution >= 0.6 is 0 Å². The number of allylic oxidation sites excluding steroid dienone is 1. The van der Waals surface area contributed by atoms with Crippen LogP contribution in [-0.2, 0) is 16.0 Å². The van der Waals surface area contributed by atoms with Crippen molar-refractivity contribution in [2.75, 3.05) is 24.7 Å². The second kappa shape index (κ2) is 11.2. The zero-order valence-electron chi connectivity index (χ0n) is 19.9. The van der Waals surface area contributed by atoms with Crippen LogP contribution in [0.3, 0.4) is 0 Å². The maximum atomic E-state index is 13.4. The number of amides is 4. The Kier molecular flexibility index (Phi) is 8.14. The minimum absolute atomic E-state index is 0.0424. The van der Waals surface area contributed by atoms with Crippen LogP contribution in [0, 0.1) is 0 Å². The van der Waals surface area contributed by atoms with Gasteiger partial charge in [0.25, 0.3) is 11.8 Å². The van der Waals surface area contributed by atoms with Gasteiger partial charge in [0.15, 0.2) is 11.5 Å². The number of aromatic hydroxyl groups is 1. The predicted molar refractivity (Wildman–Crippen MR) is 131 cm³/mol. The van der Waals surface area contributed by atoms with Crippen LogP contribution in [0.25, 0.3) is 6.08 Å². The Balaban J connectivity index is 2.10. The number of barbiturate groups is 1. The second-order valence-electron chi connectivity index (χ2n) is 7.41. The van der Waals surface area contributed by atoms with Crippen LogP contribution in [0.1, 0.15) is 31.9 Å². The molecule has 1 aliphatic heterocycles. The Labute approximate surface area is 203 Å². The molecule has 0 bridgehead atoms. The van der Waals surface area contributed by atoms with Gasteiger partial charge in [-0.15, -0.1) is 6.58 Å². The molecule has 3 rings (SSSR count). The number of hydrogen-bond acceptors (Lipinski definition) is 7. The molecule has 35 heavy (non-hydrogen) atoms. The molecular weight excluding hydrogens is 452 g/mol. The number of nitrogens with zero attached hydrogens (tertiary/aromatic N) is 1. The number of rotatable bonds is 10. The van der Waals surface area contributed by atoms with Crippen molar-refractivity contribution in [1.29, 1.82) is 0 Å². The number of anilines is 1. The summed E-state index contributed by atoms with van der Waals surface area (Å²) in [5.41, 5.74) is 0.819. The Hall–Kier alpha value is -4.27. The Morgan fingerprint density at radius 1 is 0.971 bits per heavy atom. The fourth-order valence-electron chi connectivity index (χ4n) is 3.60. The molecule has 0 saturated carbocycles. The summed E-state index contributed by atoms with van der Waals surface area (Å²) in [4.78, 5) is 39.7. The Bertz CT molecular complexity index is 1190. The van der Waals surface area contributed by atoms with Crippen LogP contribution in [-0.4, -0.2) is 42.8 Å². The molecular formula is C26H28N2O7. The highest BCUT2D eigenvalue weighted by atomic mass is 16.5. The highest BCUT2D eigenvalue weighted by Crippen LogP contribution is 2.36. The molecule has 184 valence electrons. The average Bonchev–Trinajstić information content (AvgIpc) is 2.81. The van der Waals surface area contributed by atoms with Gasteiger partial charge < -0.3 is 19.3 Å². The molecule has 9 heteroatoms. The first-order valence-corrected chi connectivity index (χ1v) is 11.2. The van der Waals surface area contributed by atoms with E-state index in [0.717, 1.165) is 4.90 Å². The van der Waals surface area contributed by atoms with Crippen molar-refractivity contribution in [3.05, 3.63) is 59.7 Å². The van der Waals surface area contributed by atoms with E-state index in [1.165, 1.54) is 18.2 Å². The molecule has 1 aliphatic rings. The largest absolute Gasteiger partial charge is 0.504 e. The van der Waals surface area contributed by atoms with Gasteiger partial charge in [0.2, 0.25) is 0 Å². The molecule has 1 saturated heterocycles. The van der Waals surface area contributed by atoms with Crippen molar-refractivity contribution in [3.8, 4) is 23.0 Å². The summed E-state index contributed by atoms with van der Waals surface area (Å²) < 4.78 is 16.6. The fraction of sp³-hybridized carbons (Fsp3) is 0.269. The van der Waals surface area contributed by atoms with Crippen LogP contribution in [0.4, 0.5) is 10.5 Å². The van der Waals surface area contributed by atoms with Gasteiger partial charge in [0.05, 0.1) is 25.5 Å². The number of ether oxygens (including phenoxy) is 3. The number of phenolic OH excluding ortho intramolecular Hbond substituents is 1. The van der Waals surface area contributed by atoms with Gasteiger partial charge in [0, 0.05) is 11.6 Å². The quantitative estimate of drug-likeness (QED) is 0.300. The van der Waals surface area contributed by atoms with Gasteiger partial charge in [-0.2, -0.15) is 0 Å². The zero-order valence-corrected chi connectivity index (χ0v) is 19.9. The molecule has 0 spiro atoms. The second-order valence-corrected chi connectivity index (χ2v) is 7.41. The van der Waals surface area contributed by atoms with Gasteiger partial charge in [0.1, 0.15) is 17.1 Å². The predicted octanol–water partition coefficient (Wildman–Crippen LogP) is 3.98. The summed E-state index contributed by atoms with van der Waals surface area (Å²) in [5.74, 6) is -0.790. The average molecular weight is 481 g/mol. The van der Waals surface area contributed by atoms with Crippen LogP contribution < -0.4 is 24.4 Å². The van der Waals surface area contributed by atoms with Crippen molar-refractivity contribution in [1.82, 2.24) is 5.32 Å². The highest BCUT2D eigenvalue weighted by Gasteiger charge is 2.38. The maximum Gasteiger partial charge on any atom is 0.336 e. The van der Waals surface area contributed by atoms with Crippen molar-refractivity contribution in [2.45, 2.75) is 27.2 Å². The molecule has 2 aromatic carbocycles. The minimum Gasteiger partial charge on any atom is -0.504 e. The summed E-state index contributed by atoms with van der Waals surface area (Å²) in [6.45, 7) is 10.0. The third kappa shape index (κ3) is 5.46. The molecule has 2 N–H and O–H groups in total. The van der Waals surface area contributed by atoms with Gasteiger partial charge in [-0.25, -0.2) is 9.69 Å². The highest BCUT2D eigenvalue weighted by molar-refractivity contribution is 6.39. The number of carbonyl (C=O) groups excluding carboxylic acids is 3. The molecule has 0 radical (unpaired) electrons. The van der Waals surface area contributed by atoms with Gasteiger partial charge >= 0.3 is 6.03 Å². The third-order valence-electron chi connectivity index (χ3n) is 5.04. The SMILES string of the molecule is C=CCc1cc(C=C2C(=O)NC(=O)N(c3cc(OCC)ccc3OCC)C2=O)cc(OCC)c1O. The van der Waals surface area contributed by atoms with Crippen molar-refractivity contribution < 1.29 is 33.7 Å². The monoisotopic (exact) mass is 480 g/mol. The lowest BCUT2D eigenvalue weighted by Gasteiger charge is -2.28. The lowest BCUT2D eigenvalue weighted by Crippen LogP contribution is -2.54. The molecule has 0 aromatic heterocycles. The summed E-state index contributed by atoms with van der Waals surface area (Å²) >= 11 is 0. The molecule has 1 heterocycles. The molecule has 0 unspecified atom stereocenters. The molecule has 9 nitrogen and oxygen atoms in total.